The van der Waals surface area contributed by atoms with Gasteiger partial charge in [-0.3, -0.25) is 4.68 Å². The van der Waals surface area contributed by atoms with E-state index in [4.69, 9.17) is 4.74 Å². The van der Waals surface area contributed by atoms with Crippen molar-refractivity contribution in [3.63, 3.8) is 0 Å². The van der Waals surface area contributed by atoms with E-state index in [1.165, 1.54) is 25.7 Å². The van der Waals surface area contributed by atoms with Gasteiger partial charge in [0.1, 0.15) is 0 Å². The normalized spacial score (nSPS) is 29.8. The van der Waals surface area contributed by atoms with Crippen molar-refractivity contribution < 1.29 is 4.74 Å². The van der Waals surface area contributed by atoms with Crippen LogP contribution in [-0.2, 0) is 11.3 Å². The first-order valence-corrected chi connectivity index (χ1v) is 7.54. The lowest BCUT2D eigenvalue weighted by Gasteiger charge is -2.28. The molecule has 1 saturated carbocycles. The van der Waals surface area contributed by atoms with Crippen LogP contribution >= 0.6 is 0 Å². The Kier molecular flexibility index (Phi) is 3.52. The van der Waals surface area contributed by atoms with Crippen LogP contribution in [0, 0.1) is 5.41 Å². The van der Waals surface area contributed by atoms with Gasteiger partial charge in [-0.25, -0.2) is 0 Å². The largest absolute Gasteiger partial charge is 0.379 e. The molecule has 0 aromatic carbocycles. The second kappa shape index (κ2) is 5.16. The zero-order valence-corrected chi connectivity index (χ0v) is 12.1. The van der Waals surface area contributed by atoms with E-state index in [1.807, 2.05) is 10.9 Å². The zero-order valence-electron chi connectivity index (χ0n) is 12.1. The smallest absolute Gasteiger partial charge is 0.0771 e. The molecule has 2 fully saturated rings. The van der Waals surface area contributed by atoms with Gasteiger partial charge in [-0.05, 0) is 31.1 Å². The standard InChI is InChI=1S/C15H25N3O/c1-15(2)7-3-6-14(15)17-12-9-16-18(10-12)11-13-5-4-8-19-13/h9-10,13-14,17H,3-8,11H2,1-2H3. The molecule has 1 saturated heterocycles. The second-order valence-corrected chi connectivity index (χ2v) is 6.66. The minimum Gasteiger partial charge on any atom is -0.379 e. The Bertz CT molecular complexity index is 421. The number of rotatable bonds is 4. The zero-order chi connectivity index (χ0) is 13.3. The fourth-order valence-electron chi connectivity index (χ4n) is 3.33. The molecule has 1 aromatic rings. The predicted octanol–water partition coefficient (Wildman–Crippen LogP) is 3.05. The highest BCUT2D eigenvalue weighted by Gasteiger charge is 2.34. The van der Waals surface area contributed by atoms with Gasteiger partial charge in [-0.1, -0.05) is 20.3 Å². The molecule has 19 heavy (non-hydrogen) atoms. The van der Waals surface area contributed by atoms with Crippen LogP contribution in [0.25, 0.3) is 0 Å². The van der Waals surface area contributed by atoms with Gasteiger partial charge in [0.05, 0.1) is 24.5 Å². The maximum absolute atomic E-state index is 5.65. The molecule has 4 nitrogen and oxygen atoms in total. The monoisotopic (exact) mass is 263 g/mol. The van der Waals surface area contributed by atoms with E-state index < -0.39 is 0 Å². The third kappa shape index (κ3) is 2.94. The highest BCUT2D eigenvalue weighted by atomic mass is 16.5. The highest BCUT2D eigenvalue weighted by molar-refractivity contribution is 5.40. The Labute approximate surface area is 115 Å². The topological polar surface area (TPSA) is 39.1 Å². The van der Waals surface area contributed by atoms with E-state index in [1.54, 1.807) is 0 Å². The van der Waals surface area contributed by atoms with Crippen molar-refractivity contribution in [2.24, 2.45) is 5.41 Å². The lowest BCUT2D eigenvalue weighted by Crippen LogP contribution is -2.30. The molecule has 2 unspecified atom stereocenters. The van der Waals surface area contributed by atoms with Crippen LogP contribution in [-0.4, -0.2) is 28.5 Å². The van der Waals surface area contributed by atoms with Crippen molar-refractivity contribution in [1.29, 1.82) is 0 Å². The number of anilines is 1. The molecule has 0 spiro atoms. The van der Waals surface area contributed by atoms with Gasteiger partial charge < -0.3 is 10.1 Å². The lowest BCUT2D eigenvalue weighted by molar-refractivity contribution is 0.0940. The quantitative estimate of drug-likeness (QED) is 0.907. The van der Waals surface area contributed by atoms with E-state index in [-0.39, 0.29) is 0 Å². The fourth-order valence-corrected chi connectivity index (χ4v) is 3.33. The second-order valence-electron chi connectivity index (χ2n) is 6.66. The van der Waals surface area contributed by atoms with Crippen LogP contribution < -0.4 is 5.32 Å². The molecule has 106 valence electrons. The summed E-state index contributed by atoms with van der Waals surface area (Å²) in [6, 6.07) is 0.577. The maximum atomic E-state index is 5.65. The van der Waals surface area contributed by atoms with E-state index in [2.05, 4.69) is 30.5 Å². The van der Waals surface area contributed by atoms with Crippen molar-refractivity contribution in [3.05, 3.63) is 12.4 Å². The molecule has 4 heteroatoms. The van der Waals surface area contributed by atoms with Crippen molar-refractivity contribution in [2.75, 3.05) is 11.9 Å². The fraction of sp³-hybridized carbons (Fsp3) is 0.800. The average Bonchev–Trinajstić information content (AvgIpc) is 3.05. The Balaban J connectivity index is 1.58. The first-order valence-electron chi connectivity index (χ1n) is 7.54. The van der Waals surface area contributed by atoms with Crippen LogP contribution in [0.2, 0.25) is 0 Å². The summed E-state index contributed by atoms with van der Waals surface area (Å²) in [6.07, 6.45) is 10.7. The third-order valence-corrected chi connectivity index (χ3v) is 4.65. The molecule has 1 aromatic heterocycles. The lowest BCUT2D eigenvalue weighted by atomic mass is 9.87. The summed E-state index contributed by atoms with van der Waals surface area (Å²) < 4.78 is 7.67. The van der Waals surface area contributed by atoms with Crippen LogP contribution in [0.3, 0.4) is 0 Å². The molecule has 1 aliphatic carbocycles. The number of hydrogen-bond acceptors (Lipinski definition) is 3. The summed E-state index contributed by atoms with van der Waals surface area (Å²) in [5.74, 6) is 0. The summed E-state index contributed by atoms with van der Waals surface area (Å²) in [4.78, 5) is 0. The van der Waals surface area contributed by atoms with Gasteiger partial charge >= 0.3 is 0 Å². The van der Waals surface area contributed by atoms with Gasteiger partial charge in [0.25, 0.3) is 0 Å². The van der Waals surface area contributed by atoms with Gasteiger partial charge in [0, 0.05) is 18.8 Å². The van der Waals surface area contributed by atoms with E-state index in [9.17, 15) is 0 Å². The van der Waals surface area contributed by atoms with Crippen LogP contribution in [0.4, 0.5) is 5.69 Å². The molecule has 1 N–H and O–H groups in total. The van der Waals surface area contributed by atoms with E-state index >= 15 is 0 Å². The van der Waals surface area contributed by atoms with Crippen molar-refractivity contribution in [2.45, 2.75) is 64.6 Å². The number of ether oxygens (including phenoxy) is 1. The summed E-state index contributed by atoms with van der Waals surface area (Å²) in [5, 5.41) is 8.10. The van der Waals surface area contributed by atoms with Crippen LogP contribution in [0.1, 0.15) is 46.0 Å². The summed E-state index contributed by atoms with van der Waals surface area (Å²) in [6.45, 7) is 6.51. The first-order chi connectivity index (χ1) is 9.13. The average molecular weight is 263 g/mol. The van der Waals surface area contributed by atoms with Gasteiger partial charge in [-0.15, -0.1) is 0 Å². The van der Waals surface area contributed by atoms with Gasteiger partial charge in [0.2, 0.25) is 0 Å². The van der Waals surface area contributed by atoms with E-state index in [0.717, 1.165) is 25.3 Å². The highest BCUT2D eigenvalue weighted by Crippen LogP contribution is 2.38. The number of hydrogen-bond donors (Lipinski definition) is 1. The van der Waals surface area contributed by atoms with Crippen molar-refractivity contribution >= 4 is 5.69 Å². The molecule has 2 aliphatic rings. The Morgan fingerprint density at radius 3 is 3.00 bits per heavy atom. The molecule has 2 atom stereocenters. The van der Waals surface area contributed by atoms with E-state index in [0.29, 0.717) is 17.6 Å². The molecule has 0 radical (unpaired) electrons. The van der Waals surface area contributed by atoms with Crippen LogP contribution in [0.15, 0.2) is 12.4 Å². The molecular weight excluding hydrogens is 238 g/mol. The van der Waals surface area contributed by atoms with Crippen molar-refractivity contribution in [1.82, 2.24) is 9.78 Å². The minimum atomic E-state index is 0.357. The molecule has 1 aliphatic heterocycles. The SMILES string of the molecule is CC1(C)CCCC1Nc1cnn(CC2CCCO2)c1. The Morgan fingerprint density at radius 1 is 1.42 bits per heavy atom. The maximum Gasteiger partial charge on any atom is 0.0771 e. The molecular formula is C15H25N3O. The molecule has 0 bridgehead atoms. The molecule has 2 heterocycles. The summed E-state index contributed by atoms with van der Waals surface area (Å²) in [5.41, 5.74) is 1.55. The molecule has 0 amide bonds. The van der Waals surface area contributed by atoms with Crippen LogP contribution in [0.5, 0.6) is 0 Å². The third-order valence-electron chi connectivity index (χ3n) is 4.65. The molecule has 3 rings (SSSR count). The minimum absolute atomic E-state index is 0.357. The predicted molar refractivity (Wildman–Crippen MR) is 76.2 cm³/mol. The van der Waals surface area contributed by atoms with Crippen molar-refractivity contribution in [3.8, 4) is 0 Å². The number of nitrogens with zero attached hydrogens (tertiary/aromatic N) is 2. The number of aromatic nitrogens is 2. The summed E-state index contributed by atoms with van der Waals surface area (Å²) >= 11 is 0. The Hall–Kier alpha value is -1.03. The van der Waals surface area contributed by atoms with Gasteiger partial charge in [0.15, 0.2) is 0 Å². The Morgan fingerprint density at radius 2 is 2.32 bits per heavy atom. The number of nitrogens with one attached hydrogen (secondary N) is 1. The van der Waals surface area contributed by atoms with Gasteiger partial charge in [-0.2, -0.15) is 5.10 Å². The summed E-state index contributed by atoms with van der Waals surface area (Å²) in [7, 11) is 0. The first kappa shape index (κ1) is 13.0.